The third kappa shape index (κ3) is 3.68. The standard InChI is InChI=1S/C20H20N2OS2/c23-20(19-18(8-14-25-19)16-5-2-1-3-6-16)22-11-9-21(10-12-22)15-17-7-4-13-24-17/h1-8,13-14H,9-12,15H2. The van der Waals surface area contributed by atoms with Crippen LogP contribution in [0.3, 0.4) is 0 Å². The van der Waals surface area contributed by atoms with Gasteiger partial charge in [-0.3, -0.25) is 9.69 Å². The largest absolute Gasteiger partial charge is 0.335 e. The summed E-state index contributed by atoms with van der Waals surface area (Å²) < 4.78 is 0. The zero-order valence-electron chi connectivity index (χ0n) is 13.9. The van der Waals surface area contributed by atoms with E-state index in [0.29, 0.717) is 0 Å². The molecular weight excluding hydrogens is 348 g/mol. The maximum Gasteiger partial charge on any atom is 0.264 e. The second kappa shape index (κ2) is 7.52. The number of amides is 1. The normalized spacial score (nSPS) is 15.4. The Morgan fingerprint density at radius 1 is 0.880 bits per heavy atom. The Morgan fingerprint density at radius 2 is 1.68 bits per heavy atom. The molecule has 1 amide bonds. The molecule has 0 N–H and O–H groups in total. The van der Waals surface area contributed by atoms with Gasteiger partial charge in [0, 0.05) is 43.2 Å². The second-order valence-electron chi connectivity index (χ2n) is 6.18. The molecule has 0 aliphatic carbocycles. The molecule has 4 rings (SSSR count). The molecule has 0 radical (unpaired) electrons. The van der Waals surface area contributed by atoms with Crippen LogP contribution in [-0.4, -0.2) is 41.9 Å². The van der Waals surface area contributed by atoms with Crippen molar-refractivity contribution in [3.8, 4) is 11.1 Å². The van der Waals surface area contributed by atoms with Crippen molar-refractivity contribution in [1.29, 1.82) is 0 Å². The van der Waals surface area contributed by atoms with E-state index in [1.807, 2.05) is 28.5 Å². The molecule has 1 aromatic carbocycles. The molecule has 25 heavy (non-hydrogen) atoms. The van der Waals surface area contributed by atoms with E-state index in [1.165, 1.54) is 4.88 Å². The molecular formula is C20H20N2OS2. The fourth-order valence-corrected chi connectivity index (χ4v) is 4.82. The monoisotopic (exact) mass is 368 g/mol. The van der Waals surface area contributed by atoms with Crippen molar-refractivity contribution in [3.05, 3.63) is 69.0 Å². The van der Waals surface area contributed by atoms with Gasteiger partial charge in [0.05, 0.1) is 4.88 Å². The average Bonchev–Trinajstić information content (AvgIpc) is 3.34. The molecule has 0 spiro atoms. The lowest BCUT2D eigenvalue weighted by Crippen LogP contribution is -2.48. The van der Waals surface area contributed by atoms with E-state index in [1.54, 1.807) is 22.7 Å². The van der Waals surface area contributed by atoms with Crippen molar-refractivity contribution < 1.29 is 4.79 Å². The van der Waals surface area contributed by atoms with Gasteiger partial charge in [0.25, 0.3) is 5.91 Å². The Labute approximate surface area is 156 Å². The lowest BCUT2D eigenvalue weighted by Gasteiger charge is -2.34. The summed E-state index contributed by atoms with van der Waals surface area (Å²) in [7, 11) is 0. The first-order valence-corrected chi connectivity index (χ1v) is 10.2. The van der Waals surface area contributed by atoms with Crippen LogP contribution in [0.4, 0.5) is 0 Å². The molecule has 1 aliphatic heterocycles. The van der Waals surface area contributed by atoms with E-state index in [-0.39, 0.29) is 5.91 Å². The first kappa shape index (κ1) is 16.5. The topological polar surface area (TPSA) is 23.6 Å². The van der Waals surface area contributed by atoms with E-state index < -0.39 is 0 Å². The zero-order valence-corrected chi connectivity index (χ0v) is 15.6. The minimum Gasteiger partial charge on any atom is -0.335 e. The number of hydrogen-bond donors (Lipinski definition) is 0. The van der Waals surface area contributed by atoms with Crippen LogP contribution in [-0.2, 0) is 6.54 Å². The van der Waals surface area contributed by atoms with Crippen LogP contribution in [0.1, 0.15) is 14.5 Å². The van der Waals surface area contributed by atoms with Crippen LogP contribution >= 0.6 is 22.7 Å². The van der Waals surface area contributed by atoms with Gasteiger partial charge in [-0.15, -0.1) is 22.7 Å². The van der Waals surface area contributed by atoms with Gasteiger partial charge in [-0.1, -0.05) is 36.4 Å². The molecule has 3 nitrogen and oxygen atoms in total. The molecule has 1 aliphatic rings. The molecule has 3 aromatic rings. The summed E-state index contributed by atoms with van der Waals surface area (Å²) in [6.45, 7) is 4.48. The smallest absolute Gasteiger partial charge is 0.264 e. The lowest BCUT2D eigenvalue weighted by atomic mass is 10.1. The van der Waals surface area contributed by atoms with Crippen molar-refractivity contribution in [2.75, 3.05) is 26.2 Å². The molecule has 0 atom stereocenters. The fraction of sp³-hybridized carbons (Fsp3) is 0.250. The molecule has 0 bridgehead atoms. The van der Waals surface area contributed by atoms with Crippen LogP contribution in [0, 0.1) is 0 Å². The summed E-state index contributed by atoms with van der Waals surface area (Å²) in [5.41, 5.74) is 2.17. The Balaban J connectivity index is 1.42. The number of carbonyl (C=O) groups excluding carboxylic acids is 1. The Hall–Kier alpha value is -1.95. The number of benzene rings is 1. The maximum absolute atomic E-state index is 13.0. The van der Waals surface area contributed by atoms with Crippen molar-refractivity contribution in [3.63, 3.8) is 0 Å². The molecule has 1 saturated heterocycles. The predicted octanol–water partition coefficient (Wildman–Crippen LogP) is 4.43. The third-order valence-electron chi connectivity index (χ3n) is 4.56. The number of thiophene rings is 2. The molecule has 128 valence electrons. The van der Waals surface area contributed by atoms with Gasteiger partial charge in [-0.2, -0.15) is 0 Å². The molecule has 2 aromatic heterocycles. The van der Waals surface area contributed by atoms with Crippen LogP contribution in [0.15, 0.2) is 59.3 Å². The van der Waals surface area contributed by atoms with Gasteiger partial charge in [-0.05, 0) is 28.5 Å². The lowest BCUT2D eigenvalue weighted by molar-refractivity contribution is 0.0635. The van der Waals surface area contributed by atoms with Crippen molar-refractivity contribution in [2.45, 2.75) is 6.54 Å². The average molecular weight is 369 g/mol. The summed E-state index contributed by atoms with van der Waals surface area (Å²) in [5.74, 6) is 0.171. The van der Waals surface area contributed by atoms with E-state index in [0.717, 1.165) is 48.7 Å². The minimum absolute atomic E-state index is 0.171. The number of hydrogen-bond acceptors (Lipinski definition) is 4. The zero-order chi connectivity index (χ0) is 17.1. The second-order valence-corrected chi connectivity index (χ2v) is 8.13. The summed E-state index contributed by atoms with van der Waals surface area (Å²) in [6, 6.07) is 16.5. The van der Waals surface area contributed by atoms with Crippen LogP contribution in [0.2, 0.25) is 0 Å². The number of rotatable bonds is 4. The highest BCUT2D eigenvalue weighted by Gasteiger charge is 2.25. The Morgan fingerprint density at radius 3 is 2.40 bits per heavy atom. The number of piperazine rings is 1. The van der Waals surface area contributed by atoms with E-state index in [9.17, 15) is 4.79 Å². The molecule has 1 fully saturated rings. The van der Waals surface area contributed by atoms with Gasteiger partial charge in [0.1, 0.15) is 0 Å². The van der Waals surface area contributed by atoms with Gasteiger partial charge < -0.3 is 4.90 Å². The quantitative estimate of drug-likeness (QED) is 0.680. The van der Waals surface area contributed by atoms with Crippen molar-refractivity contribution in [2.24, 2.45) is 0 Å². The van der Waals surface area contributed by atoms with Gasteiger partial charge in [0.2, 0.25) is 0 Å². The Bertz CT molecular complexity index is 819. The van der Waals surface area contributed by atoms with E-state index in [2.05, 4.69) is 40.6 Å². The van der Waals surface area contributed by atoms with E-state index >= 15 is 0 Å². The molecule has 5 heteroatoms. The van der Waals surface area contributed by atoms with Gasteiger partial charge in [0.15, 0.2) is 0 Å². The SMILES string of the molecule is O=C(c1sccc1-c1ccccc1)N1CCN(Cc2cccs2)CC1. The summed E-state index contributed by atoms with van der Waals surface area (Å²) >= 11 is 3.35. The fourth-order valence-electron chi connectivity index (χ4n) is 3.20. The summed E-state index contributed by atoms with van der Waals surface area (Å²) in [5, 5.41) is 4.14. The molecule has 3 heterocycles. The number of carbonyl (C=O) groups is 1. The van der Waals surface area contributed by atoms with Crippen LogP contribution < -0.4 is 0 Å². The first-order valence-electron chi connectivity index (χ1n) is 8.48. The maximum atomic E-state index is 13.0. The molecule has 0 saturated carbocycles. The van der Waals surface area contributed by atoms with Crippen molar-refractivity contribution >= 4 is 28.6 Å². The van der Waals surface area contributed by atoms with Gasteiger partial charge in [-0.25, -0.2) is 0 Å². The third-order valence-corrected chi connectivity index (χ3v) is 6.33. The summed E-state index contributed by atoms with van der Waals surface area (Å²) in [4.78, 5) is 19.7. The summed E-state index contributed by atoms with van der Waals surface area (Å²) in [6.07, 6.45) is 0. The predicted molar refractivity (Wildman–Crippen MR) is 105 cm³/mol. The number of nitrogens with zero attached hydrogens (tertiary/aromatic N) is 2. The minimum atomic E-state index is 0.171. The first-order chi connectivity index (χ1) is 12.3. The van der Waals surface area contributed by atoms with Crippen molar-refractivity contribution in [1.82, 2.24) is 9.80 Å². The highest BCUT2D eigenvalue weighted by Crippen LogP contribution is 2.29. The van der Waals surface area contributed by atoms with E-state index in [4.69, 9.17) is 0 Å². The highest BCUT2D eigenvalue weighted by molar-refractivity contribution is 7.12. The highest BCUT2D eigenvalue weighted by atomic mass is 32.1. The van der Waals surface area contributed by atoms with Crippen LogP contribution in [0.5, 0.6) is 0 Å². The Kier molecular flexibility index (Phi) is 4.97. The van der Waals surface area contributed by atoms with Gasteiger partial charge >= 0.3 is 0 Å². The molecule has 0 unspecified atom stereocenters. The van der Waals surface area contributed by atoms with Crippen LogP contribution in [0.25, 0.3) is 11.1 Å².